The molecule has 0 saturated carbocycles. The van der Waals surface area contributed by atoms with Gasteiger partial charge in [-0.25, -0.2) is 9.97 Å². The molecule has 2 heterocycles. The highest BCUT2D eigenvalue weighted by atomic mass is 15.1. The standard InChI is InChI=1S/C11H16N6/c1-8(6-17-5-4-14-7-17)15-10-3-2-9(12)11(13)16-10/h2-5,7-8H,6,12H2,1H3,(H3,13,15,16). The Morgan fingerprint density at radius 1 is 1.41 bits per heavy atom. The number of hydrogen-bond acceptors (Lipinski definition) is 5. The summed E-state index contributed by atoms with van der Waals surface area (Å²) >= 11 is 0. The topological polar surface area (TPSA) is 94.8 Å². The van der Waals surface area contributed by atoms with E-state index in [1.165, 1.54) is 0 Å². The van der Waals surface area contributed by atoms with Crippen molar-refractivity contribution in [2.45, 2.75) is 19.5 Å². The molecule has 1 atom stereocenters. The van der Waals surface area contributed by atoms with Gasteiger partial charge in [-0.3, -0.25) is 0 Å². The van der Waals surface area contributed by atoms with Crippen LogP contribution < -0.4 is 16.8 Å². The first kappa shape index (κ1) is 11.3. The van der Waals surface area contributed by atoms with Crippen molar-refractivity contribution in [1.29, 1.82) is 0 Å². The largest absolute Gasteiger partial charge is 0.396 e. The summed E-state index contributed by atoms with van der Waals surface area (Å²) in [6.07, 6.45) is 5.46. The highest BCUT2D eigenvalue weighted by molar-refractivity contribution is 5.61. The van der Waals surface area contributed by atoms with E-state index in [4.69, 9.17) is 11.5 Å². The van der Waals surface area contributed by atoms with Gasteiger partial charge in [-0.1, -0.05) is 0 Å². The molecule has 0 aliphatic heterocycles. The third-order valence-electron chi connectivity index (χ3n) is 2.40. The Bertz CT molecular complexity index is 479. The van der Waals surface area contributed by atoms with Crippen LogP contribution in [0.5, 0.6) is 0 Å². The third kappa shape index (κ3) is 2.87. The van der Waals surface area contributed by atoms with Crippen LogP contribution in [0.25, 0.3) is 0 Å². The number of nitrogens with two attached hydrogens (primary N) is 2. The minimum atomic E-state index is 0.222. The van der Waals surface area contributed by atoms with Crippen LogP contribution in [0.3, 0.4) is 0 Å². The van der Waals surface area contributed by atoms with Gasteiger partial charge in [0.05, 0.1) is 12.0 Å². The molecule has 6 heteroatoms. The van der Waals surface area contributed by atoms with E-state index < -0.39 is 0 Å². The molecule has 0 aliphatic carbocycles. The number of hydrogen-bond donors (Lipinski definition) is 3. The predicted octanol–water partition coefficient (Wildman–Crippen LogP) is 0.943. The number of imidazole rings is 1. The quantitative estimate of drug-likeness (QED) is 0.729. The first-order valence-corrected chi connectivity index (χ1v) is 5.39. The van der Waals surface area contributed by atoms with Crippen LogP contribution in [-0.4, -0.2) is 20.6 Å². The van der Waals surface area contributed by atoms with Gasteiger partial charge in [0.2, 0.25) is 0 Å². The van der Waals surface area contributed by atoms with E-state index in [-0.39, 0.29) is 6.04 Å². The van der Waals surface area contributed by atoms with Crippen LogP contribution in [-0.2, 0) is 6.54 Å². The second kappa shape index (κ2) is 4.73. The van der Waals surface area contributed by atoms with Gasteiger partial charge in [-0.05, 0) is 19.1 Å². The average Bonchev–Trinajstić information content (AvgIpc) is 2.76. The summed E-state index contributed by atoms with van der Waals surface area (Å²) in [5.74, 6) is 1.08. The maximum Gasteiger partial charge on any atom is 0.149 e. The van der Waals surface area contributed by atoms with E-state index >= 15 is 0 Å². The molecule has 2 rings (SSSR count). The number of anilines is 3. The SMILES string of the molecule is CC(Cn1ccnc1)Nc1ccc(N)c(N)n1. The van der Waals surface area contributed by atoms with Gasteiger partial charge in [0, 0.05) is 25.0 Å². The Hall–Kier alpha value is -2.24. The van der Waals surface area contributed by atoms with Crippen molar-refractivity contribution in [2.24, 2.45) is 0 Å². The van der Waals surface area contributed by atoms with E-state index in [1.807, 2.05) is 16.8 Å². The zero-order valence-electron chi connectivity index (χ0n) is 9.67. The van der Waals surface area contributed by atoms with E-state index in [9.17, 15) is 0 Å². The van der Waals surface area contributed by atoms with Crippen molar-refractivity contribution in [3.63, 3.8) is 0 Å². The van der Waals surface area contributed by atoms with E-state index in [0.717, 1.165) is 12.4 Å². The molecular weight excluding hydrogens is 216 g/mol. The maximum atomic E-state index is 5.64. The maximum absolute atomic E-state index is 5.64. The minimum Gasteiger partial charge on any atom is -0.396 e. The summed E-state index contributed by atoms with van der Waals surface area (Å²) in [7, 11) is 0. The molecule has 0 radical (unpaired) electrons. The van der Waals surface area contributed by atoms with Crippen LogP contribution in [0.4, 0.5) is 17.3 Å². The second-order valence-corrected chi connectivity index (χ2v) is 3.98. The lowest BCUT2D eigenvalue weighted by Gasteiger charge is -2.15. The summed E-state index contributed by atoms with van der Waals surface area (Å²) in [5.41, 5.74) is 11.7. The number of nitrogens with zero attached hydrogens (tertiary/aromatic N) is 3. The Labute approximate surface area is 99.7 Å². The number of aromatic nitrogens is 3. The average molecular weight is 232 g/mol. The Kier molecular flexibility index (Phi) is 3.13. The summed E-state index contributed by atoms with van der Waals surface area (Å²) in [6.45, 7) is 2.88. The van der Waals surface area contributed by atoms with Gasteiger partial charge in [0.25, 0.3) is 0 Å². The zero-order chi connectivity index (χ0) is 12.3. The summed E-state index contributed by atoms with van der Waals surface area (Å²) < 4.78 is 2.00. The lowest BCUT2D eigenvalue weighted by molar-refractivity contribution is 0.617. The number of pyridine rings is 1. The first-order chi connectivity index (χ1) is 8.15. The molecule has 0 fully saturated rings. The molecule has 2 aromatic heterocycles. The van der Waals surface area contributed by atoms with Crippen molar-refractivity contribution >= 4 is 17.3 Å². The van der Waals surface area contributed by atoms with Crippen LogP contribution in [0, 0.1) is 0 Å². The van der Waals surface area contributed by atoms with Gasteiger partial charge in [-0.2, -0.15) is 0 Å². The Morgan fingerprint density at radius 2 is 2.24 bits per heavy atom. The molecule has 0 bridgehead atoms. The van der Waals surface area contributed by atoms with Gasteiger partial charge in [-0.15, -0.1) is 0 Å². The smallest absolute Gasteiger partial charge is 0.149 e. The van der Waals surface area contributed by atoms with Gasteiger partial charge in [0.1, 0.15) is 11.6 Å². The molecule has 6 nitrogen and oxygen atoms in total. The molecule has 0 aromatic carbocycles. The van der Waals surface area contributed by atoms with Gasteiger partial charge in [0.15, 0.2) is 0 Å². The molecule has 0 amide bonds. The summed E-state index contributed by atoms with van der Waals surface area (Å²) in [6, 6.07) is 3.78. The zero-order valence-corrected chi connectivity index (χ0v) is 9.67. The van der Waals surface area contributed by atoms with Crippen LogP contribution in [0.1, 0.15) is 6.92 Å². The van der Waals surface area contributed by atoms with E-state index in [0.29, 0.717) is 11.5 Å². The third-order valence-corrected chi connectivity index (χ3v) is 2.40. The summed E-state index contributed by atoms with van der Waals surface area (Å²) in [5, 5.41) is 3.25. The van der Waals surface area contributed by atoms with Gasteiger partial charge >= 0.3 is 0 Å². The monoisotopic (exact) mass is 232 g/mol. The highest BCUT2D eigenvalue weighted by Crippen LogP contribution is 2.15. The highest BCUT2D eigenvalue weighted by Gasteiger charge is 2.05. The van der Waals surface area contributed by atoms with Crippen molar-refractivity contribution in [3.05, 3.63) is 30.9 Å². The fourth-order valence-corrected chi connectivity index (χ4v) is 1.58. The van der Waals surface area contributed by atoms with Crippen molar-refractivity contribution in [1.82, 2.24) is 14.5 Å². The second-order valence-electron chi connectivity index (χ2n) is 3.98. The molecule has 0 spiro atoms. The van der Waals surface area contributed by atoms with E-state index in [2.05, 4.69) is 22.2 Å². The lowest BCUT2D eigenvalue weighted by Crippen LogP contribution is -2.22. The molecule has 2 aromatic rings. The lowest BCUT2D eigenvalue weighted by atomic mass is 10.3. The van der Waals surface area contributed by atoms with Crippen LogP contribution in [0.15, 0.2) is 30.9 Å². The van der Waals surface area contributed by atoms with Crippen LogP contribution >= 0.6 is 0 Å². The number of nitrogens with one attached hydrogen (secondary N) is 1. The van der Waals surface area contributed by atoms with Crippen molar-refractivity contribution < 1.29 is 0 Å². The molecule has 90 valence electrons. The normalized spacial score (nSPS) is 12.3. The molecule has 1 unspecified atom stereocenters. The summed E-state index contributed by atoms with van der Waals surface area (Å²) in [4.78, 5) is 8.15. The number of nitrogen functional groups attached to an aromatic ring is 2. The predicted molar refractivity (Wildman–Crippen MR) is 68.4 cm³/mol. The Morgan fingerprint density at radius 3 is 2.88 bits per heavy atom. The van der Waals surface area contributed by atoms with Crippen molar-refractivity contribution in [3.8, 4) is 0 Å². The molecule has 17 heavy (non-hydrogen) atoms. The fraction of sp³-hybridized carbons (Fsp3) is 0.273. The van der Waals surface area contributed by atoms with Gasteiger partial charge < -0.3 is 21.4 Å². The van der Waals surface area contributed by atoms with Crippen LogP contribution in [0.2, 0.25) is 0 Å². The Balaban J connectivity index is 1.98. The number of rotatable bonds is 4. The molecule has 5 N–H and O–H groups in total. The fourth-order valence-electron chi connectivity index (χ4n) is 1.58. The molecular formula is C11H16N6. The molecule has 0 aliphatic rings. The molecule has 0 saturated heterocycles. The minimum absolute atomic E-state index is 0.222. The van der Waals surface area contributed by atoms with Crippen molar-refractivity contribution in [2.75, 3.05) is 16.8 Å². The van der Waals surface area contributed by atoms with E-state index in [1.54, 1.807) is 18.6 Å². The first-order valence-electron chi connectivity index (χ1n) is 5.39.